The average molecular weight is 319 g/mol. The Labute approximate surface area is 138 Å². The van der Waals surface area contributed by atoms with Gasteiger partial charge in [0, 0.05) is 24.3 Å². The fourth-order valence-electron chi connectivity index (χ4n) is 3.64. The van der Waals surface area contributed by atoms with Crippen molar-refractivity contribution >= 4 is 5.91 Å². The largest absolute Gasteiger partial charge is 0.371 e. The first kappa shape index (κ1) is 16.5. The molecule has 0 saturated carbocycles. The highest BCUT2D eigenvalue weighted by molar-refractivity contribution is 5.94. The SMILES string of the molecule is CCCC[C@@H]1CN(C(=O)c2n[nH]c3c2CCC3)C[C@H](C(C)C)O1. The molecule has 0 bridgehead atoms. The van der Waals surface area contributed by atoms with Crippen LogP contribution in [-0.4, -0.2) is 46.3 Å². The summed E-state index contributed by atoms with van der Waals surface area (Å²) in [5, 5.41) is 7.37. The number of H-pyrrole nitrogens is 1. The second-order valence-corrected chi connectivity index (χ2v) is 7.28. The van der Waals surface area contributed by atoms with Crippen LogP contribution in [0.3, 0.4) is 0 Å². The van der Waals surface area contributed by atoms with E-state index in [-0.39, 0.29) is 18.1 Å². The molecule has 1 saturated heterocycles. The number of carbonyl (C=O) groups is 1. The number of aromatic nitrogens is 2. The van der Waals surface area contributed by atoms with Crippen LogP contribution in [0.15, 0.2) is 0 Å². The van der Waals surface area contributed by atoms with Crippen molar-refractivity contribution in [1.29, 1.82) is 0 Å². The van der Waals surface area contributed by atoms with Crippen molar-refractivity contribution in [3.8, 4) is 0 Å². The summed E-state index contributed by atoms with van der Waals surface area (Å²) in [5.74, 6) is 0.500. The quantitative estimate of drug-likeness (QED) is 0.908. The second kappa shape index (κ2) is 7.04. The van der Waals surface area contributed by atoms with Crippen LogP contribution in [0.25, 0.3) is 0 Å². The van der Waals surface area contributed by atoms with Crippen molar-refractivity contribution in [2.75, 3.05) is 13.1 Å². The van der Waals surface area contributed by atoms with Gasteiger partial charge in [-0.1, -0.05) is 33.6 Å². The standard InChI is InChI=1S/C18H29N3O2/c1-4-5-7-13-10-21(11-16(23-13)12(2)3)18(22)17-14-8-6-9-15(14)19-20-17/h12-13,16H,4-11H2,1-3H3,(H,19,20)/t13-,16-/m1/s1. The summed E-state index contributed by atoms with van der Waals surface area (Å²) < 4.78 is 6.22. The highest BCUT2D eigenvalue weighted by Gasteiger charge is 2.34. The Hall–Kier alpha value is -1.36. The summed E-state index contributed by atoms with van der Waals surface area (Å²) in [6.07, 6.45) is 6.75. The van der Waals surface area contributed by atoms with Gasteiger partial charge in [0.2, 0.25) is 0 Å². The lowest BCUT2D eigenvalue weighted by Crippen LogP contribution is -2.51. The van der Waals surface area contributed by atoms with E-state index in [4.69, 9.17) is 4.74 Å². The molecule has 0 spiro atoms. The van der Waals surface area contributed by atoms with Gasteiger partial charge in [-0.05, 0) is 31.6 Å². The molecule has 3 rings (SSSR count). The minimum absolute atomic E-state index is 0.0832. The summed E-state index contributed by atoms with van der Waals surface area (Å²) in [7, 11) is 0. The maximum absolute atomic E-state index is 13.0. The maximum atomic E-state index is 13.0. The Balaban J connectivity index is 1.74. The lowest BCUT2D eigenvalue weighted by Gasteiger charge is -2.39. The predicted octanol–water partition coefficient (Wildman–Crippen LogP) is 2.95. The number of aryl methyl sites for hydroxylation is 1. The molecule has 1 fully saturated rings. The zero-order valence-corrected chi connectivity index (χ0v) is 14.6. The first-order valence-corrected chi connectivity index (χ1v) is 9.11. The number of hydrogen-bond acceptors (Lipinski definition) is 3. The molecule has 1 aromatic rings. The van der Waals surface area contributed by atoms with Crippen molar-refractivity contribution in [3.63, 3.8) is 0 Å². The van der Waals surface area contributed by atoms with Crippen LogP contribution in [0.4, 0.5) is 0 Å². The number of amides is 1. The summed E-state index contributed by atoms with van der Waals surface area (Å²) in [6, 6.07) is 0. The van der Waals surface area contributed by atoms with Gasteiger partial charge in [0.05, 0.1) is 12.2 Å². The van der Waals surface area contributed by atoms with Gasteiger partial charge in [-0.3, -0.25) is 9.89 Å². The topological polar surface area (TPSA) is 58.2 Å². The molecule has 1 aliphatic carbocycles. The van der Waals surface area contributed by atoms with Crippen LogP contribution < -0.4 is 0 Å². The average Bonchev–Trinajstić information content (AvgIpc) is 3.15. The fourth-order valence-corrected chi connectivity index (χ4v) is 3.64. The molecule has 2 atom stereocenters. The second-order valence-electron chi connectivity index (χ2n) is 7.28. The van der Waals surface area contributed by atoms with Crippen LogP contribution >= 0.6 is 0 Å². The number of nitrogens with zero attached hydrogens (tertiary/aromatic N) is 2. The first-order valence-electron chi connectivity index (χ1n) is 9.11. The van der Waals surface area contributed by atoms with Crippen LogP contribution in [0.1, 0.15) is 68.2 Å². The van der Waals surface area contributed by atoms with Gasteiger partial charge in [0.1, 0.15) is 0 Å². The number of unbranched alkanes of at least 4 members (excludes halogenated alkanes) is 1. The minimum Gasteiger partial charge on any atom is -0.371 e. The van der Waals surface area contributed by atoms with Gasteiger partial charge in [0.15, 0.2) is 5.69 Å². The summed E-state index contributed by atoms with van der Waals surface area (Å²) in [5.41, 5.74) is 2.95. The number of carbonyl (C=O) groups excluding carboxylic acids is 1. The zero-order valence-electron chi connectivity index (χ0n) is 14.6. The molecule has 1 amide bonds. The number of fused-ring (bicyclic) bond motifs is 1. The number of nitrogens with one attached hydrogen (secondary N) is 1. The Kier molecular flexibility index (Phi) is 5.05. The summed E-state index contributed by atoms with van der Waals surface area (Å²) in [6.45, 7) is 7.91. The Morgan fingerprint density at radius 1 is 1.39 bits per heavy atom. The number of aromatic amines is 1. The van der Waals surface area contributed by atoms with E-state index in [2.05, 4.69) is 31.0 Å². The number of ether oxygens (including phenoxy) is 1. The van der Waals surface area contributed by atoms with E-state index in [1.807, 2.05) is 4.90 Å². The number of hydrogen-bond donors (Lipinski definition) is 1. The van der Waals surface area contributed by atoms with E-state index in [1.54, 1.807) is 0 Å². The lowest BCUT2D eigenvalue weighted by molar-refractivity contribution is -0.0963. The van der Waals surface area contributed by atoms with Crippen LogP contribution in [0.5, 0.6) is 0 Å². The molecular formula is C18H29N3O2. The Morgan fingerprint density at radius 2 is 2.22 bits per heavy atom. The van der Waals surface area contributed by atoms with Gasteiger partial charge in [-0.25, -0.2) is 0 Å². The molecule has 1 aromatic heterocycles. The van der Waals surface area contributed by atoms with Crippen molar-refractivity contribution in [2.45, 2.75) is 71.5 Å². The monoisotopic (exact) mass is 319 g/mol. The van der Waals surface area contributed by atoms with E-state index >= 15 is 0 Å². The summed E-state index contributed by atoms with van der Waals surface area (Å²) in [4.78, 5) is 15.0. The highest BCUT2D eigenvalue weighted by Crippen LogP contribution is 2.26. The summed E-state index contributed by atoms with van der Waals surface area (Å²) >= 11 is 0. The molecule has 5 nitrogen and oxygen atoms in total. The maximum Gasteiger partial charge on any atom is 0.274 e. The van der Waals surface area contributed by atoms with Gasteiger partial charge < -0.3 is 9.64 Å². The third-order valence-electron chi connectivity index (χ3n) is 5.11. The molecule has 1 aliphatic heterocycles. The predicted molar refractivity (Wildman–Crippen MR) is 89.5 cm³/mol. The zero-order chi connectivity index (χ0) is 16.4. The molecule has 2 heterocycles. The normalized spacial score (nSPS) is 24.3. The van der Waals surface area contributed by atoms with Gasteiger partial charge in [0.25, 0.3) is 5.91 Å². The molecule has 2 aliphatic rings. The van der Waals surface area contributed by atoms with E-state index in [1.165, 1.54) is 0 Å². The molecule has 1 N–H and O–H groups in total. The number of morpholine rings is 1. The highest BCUT2D eigenvalue weighted by atomic mass is 16.5. The van der Waals surface area contributed by atoms with Crippen molar-refractivity contribution in [2.24, 2.45) is 5.92 Å². The van der Waals surface area contributed by atoms with Crippen LogP contribution in [-0.2, 0) is 17.6 Å². The van der Waals surface area contributed by atoms with E-state index in [9.17, 15) is 4.79 Å². The molecule has 23 heavy (non-hydrogen) atoms. The van der Waals surface area contributed by atoms with Crippen molar-refractivity contribution in [1.82, 2.24) is 15.1 Å². The van der Waals surface area contributed by atoms with E-state index in [0.29, 0.717) is 24.7 Å². The molecule has 0 aromatic carbocycles. The molecular weight excluding hydrogens is 290 g/mol. The number of rotatable bonds is 5. The Bertz CT molecular complexity index is 552. The minimum atomic E-state index is 0.0832. The van der Waals surface area contributed by atoms with Crippen molar-refractivity contribution < 1.29 is 9.53 Å². The molecule has 0 unspecified atom stereocenters. The fraction of sp³-hybridized carbons (Fsp3) is 0.778. The molecule has 0 radical (unpaired) electrons. The third-order valence-corrected chi connectivity index (χ3v) is 5.11. The Morgan fingerprint density at radius 3 is 2.96 bits per heavy atom. The van der Waals surface area contributed by atoms with Crippen LogP contribution in [0.2, 0.25) is 0 Å². The van der Waals surface area contributed by atoms with Gasteiger partial charge in [-0.2, -0.15) is 5.10 Å². The van der Waals surface area contributed by atoms with Gasteiger partial charge >= 0.3 is 0 Å². The molecule has 5 heteroatoms. The van der Waals surface area contributed by atoms with Crippen molar-refractivity contribution in [3.05, 3.63) is 17.0 Å². The smallest absolute Gasteiger partial charge is 0.274 e. The van der Waals surface area contributed by atoms with E-state index in [0.717, 1.165) is 49.8 Å². The van der Waals surface area contributed by atoms with E-state index < -0.39 is 0 Å². The first-order chi connectivity index (χ1) is 11.1. The molecule has 128 valence electrons. The third kappa shape index (κ3) is 3.44. The van der Waals surface area contributed by atoms with Gasteiger partial charge in [-0.15, -0.1) is 0 Å². The lowest BCUT2D eigenvalue weighted by atomic mass is 10.0. The van der Waals surface area contributed by atoms with Crippen LogP contribution in [0, 0.1) is 5.92 Å².